The van der Waals surface area contributed by atoms with Crippen LogP contribution < -0.4 is 24.8 Å². The van der Waals surface area contributed by atoms with E-state index in [0.717, 1.165) is 25.7 Å². The minimum Gasteiger partial charge on any atom is -0.493 e. The van der Waals surface area contributed by atoms with Gasteiger partial charge in [0, 0.05) is 30.1 Å². The van der Waals surface area contributed by atoms with E-state index in [0.29, 0.717) is 28.6 Å². The molecule has 0 spiro atoms. The quantitative estimate of drug-likeness (QED) is 0.774. The molecule has 0 saturated heterocycles. The molecule has 0 unspecified atom stereocenters. The molecule has 8 heteroatoms. The molecule has 3 rings (SSSR count). The van der Waals surface area contributed by atoms with Crippen LogP contribution in [0.3, 0.4) is 0 Å². The van der Waals surface area contributed by atoms with Gasteiger partial charge in [0.2, 0.25) is 5.88 Å². The maximum atomic E-state index is 12.3. The highest BCUT2D eigenvalue weighted by molar-refractivity contribution is 5.89. The van der Waals surface area contributed by atoms with Crippen molar-refractivity contribution in [3.05, 3.63) is 42.1 Å². The highest BCUT2D eigenvalue weighted by Crippen LogP contribution is 2.30. The first-order valence-electron chi connectivity index (χ1n) is 9.43. The van der Waals surface area contributed by atoms with Crippen molar-refractivity contribution in [2.75, 3.05) is 19.5 Å². The van der Waals surface area contributed by atoms with E-state index in [9.17, 15) is 4.79 Å². The van der Waals surface area contributed by atoms with Crippen molar-refractivity contribution in [1.29, 1.82) is 5.26 Å². The number of aromatic nitrogens is 1. The Morgan fingerprint density at radius 3 is 2.48 bits per heavy atom. The molecule has 0 aliphatic heterocycles. The maximum absolute atomic E-state index is 12.3. The van der Waals surface area contributed by atoms with Gasteiger partial charge in [0.25, 0.3) is 0 Å². The van der Waals surface area contributed by atoms with Gasteiger partial charge in [0.05, 0.1) is 19.8 Å². The zero-order valence-electron chi connectivity index (χ0n) is 16.5. The first-order chi connectivity index (χ1) is 14.1. The second-order valence-electron chi connectivity index (χ2n) is 6.76. The minimum atomic E-state index is -0.254. The van der Waals surface area contributed by atoms with Crippen molar-refractivity contribution in [1.82, 2.24) is 10.3 Å². The molecule has 1 fully saturated rings. The normalized spacial score (nSPS) is 18.2. The molecule has 1 aromatic heterocycles. The Bertz CT molecular complexity index is 871. The molecule has 0 radical (unpaired) electrons. The van der Waals surface area contributed by atoms with Crippen LogP contribution in [0.5, 0.6) is 17.4 Å². The van der Waals surface area contributed by atoms with E-state index < -0.39 is 0 Å². The van der Waals surface area contributed by atoms with Gasteiger partial charge in [0.1, 0.15) is 12.2 Å². The largest absolute Gasteiger partial charge is 0.493 e. The number of carbonyl (C=O) groups excluding carboxylic acids is 1. The van der Waals surface area contributed by atoms with Crippen LogP contribution in [-0.4, -0.2) is 37.4 Å². The lowest BCUT2D eigenvalue weighted by molar-refractivity contribution is 0.135. The van der Waals surface area contributed by atoms with Crippen molar-refractivity contribution < 1.29 is 19.0 Å². The average Bonchev–Trinajstić information content (AvgIpc) is 2.75. The summed E-state index contributed by atoms with van der Waals surface area (Å²) in [5.74, 6) is 1.68. The van der Waals surface area contributed by atoms with Gasteiger partial charge in [-0.05, 0) is 43.9 Å². The number of hydrogen-bond donors (Lipinski definition) is 2. The lowest BCUT2D eigenvalue weighted by Gasteiger charge is -2.29. The summed E-state index contributed by atoms with van der Waals surface area (Å²) >= 11 is 0. The summed E-state index contributed by atoms with van der Waals surface area (Å²) in [6, 6.07) is 10.5. The number of hydrogen-bond acceptors (Lipinski definition) is 6. The van der Waals surface area contributed by atoms with Crippen molar-refractivity contribution >= 4 is 11.7 Å². The molecule has 8 nitrogen and oxygen atoms in total. The number of nitrogens with zero attached hydrogens (tertiary/aromatic N) is 2. The summed E-state index contributed by atoms with van der Waals surface area (Å²) < 4.78 is 16.3. The van der Waals surface area contributed by atoms with E-state index in [4.69, 9.17) is 19.5 Å². The lowest BCUT2D eigenvalue weighted by Crippen LogP contribution is -2.41. The zero-order chi connectivity index (χ0) is 20.6. The average molecular weight is 396 g/mol. The number of urea groups is 1. The van der Waals surface area contributed by atoms with Crippen molar-refractivity contribution in [3.8, 4) is 23.4 Å². The van der Waals surface area contributed by atoms with Crippen LogP contribution >= 0.6 is 0 Å². The monoisotopic (exact) mass is 396 g/mol. The van der Waals surface area contributed by atoms with Gasteiger partial charge >= 0.3 is 6.03 Å². The summed E-state index contributed by atoms with van der Waals surface area (Å²) in [7, 11) is 3.12. The van der Waals surface area contributed by atoms with Crippen LogP contribution in [0.1, 0.15) is 31.2 Å². The van der Waals surface area contributed by atoms with E-state index in [-0.39, 0.29) is 18.2 Å². The number of nitriles is 1. The fourth-order valence-corrected chi connectivity index (χ4v) is 3.28. The van der Waals surface area contributed by atoms with Crippen molar-refractivity contribution in [2.24, 2.45) is 0 Å². The van der Waals surface area contributed by atoms with Gasteiger partial charge in [0.15, 0.2) is 11.5 Å². The van der Waals surface area contributed by atoms with Crippen molar-refractivity contribution in [2.45, 2.75) is 37.8 Å². The van der Waals surface area contributed by atoms with Gasteiger partial charge in [-0.1, -0.05) is 0 Å². The molecule has 1 heterocycles. The zero-order valence-corrected chi connectivity index (χ0v) is 16.5. The molecular weight excluding hydrogens is 372 g/mol. The highest BCUT2D eigenvalue weighted by Gasteiger charge is 2.24. The van der Waals surface area contributed by atoms with E-state index in [1.54, 1.807) is 44.6 Å². The third kappa shape index (κ3) is 5.51. The first kappa shape index (κ1) is 20.3. The highest BCUT2D eigenvalue weighted by atomic mass is 16.5. The number of rotatable bonds is 6. The Hall–Kier alpha value is -3.47. The minimum absolute atomic E-state index is 0.0578. The Balaban J connectivity index is 1.45. The fourth-order valence-electron chi connectivity index (χ4n) is 3.28. The fraction of sp³-hybridized carbons (Fsp3) is 0.381. The molecule has 2 aromatic rings. The molecule has 0 bridgehead atoms. The smallest absolute Gasteiger partial charge is 0.319 e. The molecular formula is C21H24N4O4. The topological polar surface area (TPSA) is 106 Å². The number of methoxy groups -OCH3 is 2. The number of amides is 2. The second-order valence-corrected chi connectivity index (χ2v) is 6.76. The summed E-state index contributed by atoms with van der Waals surface area (Å²) in [5.41, 5.74) is 1.13. The number of nitrogens with one attached hydrogen (secondary N) is 2. The molecule has 29 heavy (non-hydrogen) atoms. The van der Waals surface area contributed by atoms with Crippen LogP contribution in [0.4, 0.5) is 10.5 Å². The third-order valence-corrected chi connectivity index (χ3v) is 4.80. The lowest BCUT2D eigenvalue weighted by atomic mass is 9.93. The first-order valence-corrected chi connectivity index (χ1v) is 9.43. The summed E-state index contributed by atoms with van der Waals surface area (Å²) in [5, 5.41) is 14.6. The molecule has 1 aliphatic carbocycles. The van der Waals surface area contributed by atoms with Gasteiger partial charge in [-0.3, -0.25) is 0 Å². The molecule has 2 amide bonds. The van der Waals surface area contributed by atoms with Crippen LogP contribution in [0.25, 0.3) is 0 Å². The summed E-state index contributed by atoms with van der Waals surface area (Å²) in [6.07, 6.45) is 4.84. The Labute approximate surface area is 169 Å². The van der Waals surface area contributed by atoms with Crippen LogP contribution in [0.2, 0.25) is 0 Å². The molecule has 1 aromatic carbocycles. The third-order valence-electron chi connectivity index (χ3n) is 4.80. The standard InChI is InChI=1S/C21H24N4O4/c1-27-18-9-6-16(11-19(18)28-2)25-21(26)24-15-4-7-17(8-5-15)29-20-10-3-14(12-22)13-23-20/h3,6,9-11,13,15,17H,4-5,7-8H2,1-2H3,(H2,24,25,26). The van der Waals surface area contributed by atoms with Gasteiger partial charge in [-0.25, -0.2) is 9.78 Å². The Kier molecular flexibility index (Phi) is 6.74. The molecule has 1 aliphatic rings. The van der Waals surface area contributed by atoms with Gasteiger partial charge in [-0.15, -0.1) is 0 Å². The number of pyridine rings is 1. The number of benzene rings is 1. The van der Waals surface area contributed by atoms with Gasteiger partial charge < -0.3 is 24.8 Å². The van der Waals surface area contributed by atoms with E-state index in [1.807, 2.05) is 6.07 Å². The Morgan fingerprint density at radius 1 is 1.10 bits per heavy atom. The van der Waals surface area contributed by atoms with E-state index in [2.05, 4.69) is 15.6 Å². The molecule has 152 valence electrons. The summed E-state index contributed by atoms with van der Waals surface area (Å²) in [4.78, 5) is 16.4. The molecule has 2 N–H and O–H groups in total. The van der Waals surface area contributed by atoms with Crippen LogP contribution in [0.15, 0.2) is 36.5 Å². The number of carbonyl (C=O) groups is 1. The van der Waals surface area contributed by atoms with Crippen LogP contribution in [0, 0.1) is 11.3 Å². The second kappa shape index (κ2) is 9.64. The molecule has 1 saturated carbocycles. The van der Waals surface area contributed by atoms with Gasteiger partial charge in [-0.2, -0.15) is 5.26 Å². The predicted molar refractivity (Wildman–Crippen MR) is 107 cm³/mol. The Morgan fingerprint density at radius 2 is 1.86 bits per heavy atom. The molecule has 0 atom stereocenters. The maximum Gasteiger partial charge on any atom is 0.319 e. The summed E-state index contributed by atoms with van der Waals surface area (Å²) in [6.45, 7) is 0. The van der Waals surface area contributed by atoms with E-state index in [1.165, 1.54) is 6.20 Å². The SMILES string of the molecule is COc1ccc(NC(=O)NC2CCC(Oc3ccc(C#N)cn3)CC2)cc1OC. The van der Waals surface area contributed by atoms with Crippen LogP contribution in [-0.2, 0) is 0 Å². The van der Waals surface area contributed by atoms with Crippen molar-refractivity contribution in [3.63, 3.8) is 0 Å². The number of ether oxygens (including phenoxy) is 3. The number of anilines is 1. The van der Waals surface area contributed by atoms with E-state index >= 15 is 0 Å². The predicted octanol–water partition coefficient (Wildman–Crippen LogP) is 3.48.